The number of nitrogens with one attached hydrogen (secondary N) is 2. The van der Waals surface area contributed by atoms with Gasteiger partial charge in [0.2, 0.25) is 5.91 Å². The summed E-state index contributed by atoms with van der Waals surface area (Å²) in [7, 11) is 1.58. The number of carbonyl (C=O) groups is 2. The molecule has 2 amide bonds. The second kappa shape index (κ2) is 7.43. The van der Waals surface area contributed by atoms with Crippen LogP contribution in [0.3, 0.4) is 0 Å². The van der Waals surface area contributed by atoms with Crippen molar-refractivity contribution in [2.75, 3.05) is 18.1 Å². The minimum Gasteiger partial charge on any atom is -0.355 e. The van der Waals surface area contributed by atoms with Crippen molar-refractivity contribution < 1.29 is 9.59 Å². The van der Waals surface area contributed by atoms with Crippen LogP contribution in [0, 0.1) is 0 Å². The van der Waals surface area contributed by atoms with Crippen LogP contribution in [-0.4, -0.2) is 44.8 Å². The molecule has 2 N–H and O–H groups in total. The van der Waals surface area contributed by atoms with Gasteiger partial charge in [0.15, 0.2) is 5.82 Å². The van der Waals surface area contributed by atoms with Gasteiger partial charge in [-0.2, -0.15) is 0 Å². The molecule has 24 heavy (non-hydrogen) atoms. The summed E-state index contributed by atoms with van der Waals surface area (Å²) in [5.74, 6) is 1.47. The highest BCUT2D eigenvalue weighted by Gasteiger charge is 2.27. The maximum absolute atomic E-state index is 12.0. The van der Waals surface area contributed by atoms with Crippen molar-refractivity contribution in [3.05, 3.63) is 35.7 Å². The number of thioether (sulfide) groups is 1. The molecule has 1 aliphatic rings. The lowest BCUT2D eigenvalue weighted by molar-refractivity contribution is -0.113. The fraction of sp³-hybridized carbons (Fsp3) is 0.400. The zero-order chi connectivity index (χ0) is 16.9. The monoisotopic (exact) mass is 346 g/mol. The van der Waals surface area contributed by atoms with Crippen LogP contribution in [0.25, 0.3) is 0 Å². The first-order valence-electron chi connectivity index (χ1n) is 7.64. The maximum atomic E-state index is 12.0. The van der Waals surface area contributed by atoms with Crippen molar-refractivity contribution in [3.63, 3.8) is 0 Å². The zero-order valence-corrected chi connectivity index (χ0v) is 14.0. The van der Waals surface area contributed by atoms with Crippen molar-refractivity contribution in [1.82, 2.24) is 25.5 Å². The standard InChI is InChI=1S/C15H18N6O2S/c1-16-15(23)10-2-4-11(5-3-10)17-14(22)9-24-8-13-18-19-20-21(13)12-6-7-12/h2-5,12H,6-9H2,1H3,(H,16,23)(H,17,22). The Balaban J connectivity index is 1.45. The Bertz CT molecular complexity index is 726. The highest BCUT2D eigenvalue weighted by Crippen LogP contribution is 2.34. The molecule has 0 bridgehead atoms. The van der Waals surface area contributed by atoms with Crippen molar-refractivity contribution in [1.29, 1.82) is 0 Å². The molecule has 0 atom stereocenters. The van der Waals surface area contributed by atoms with E-state index in [4.69, 9.17) is 0 Å². The first-order valence-corrected chi connectivity index (χ1v) is 8.79. The molecule has 9 heteroatoms. The van der Waals surface area contributed by atoms with Crippen LogP contribution in [0.15, 0.2) is 24.3 Å². The summed E-state index contributed by atoms with van der Waals surface area (Å²) in [6.07, 6.45) is 2.24. The third-order valence-corrected chi connectivity index (χ3v) is 4.50. The van der Waals surface area contributed by atoms with Gasteiger partial charge in [0.25, 0.3) is 5.91 Å². The topological polar surface area (TPSA) is 102 Å². The number of tetrazole rings is 1. The molecule has 8 nitrogen and oxygen atoms in total. The third kappa shape index (κ3) is 4.10. The van der Waals surface area contributed by atoms with E-state index in [1.807, 2.05) is 4.68 Å². The second-order valence-electron chi connectivity index (χ2n) is 5.47. The van der Waals surface area contributed by atoms with Crippen LogP contribution >= 0.6 is 11.8 Å². The number of hydrogen-bond acceptors (Lipinski definition) is 6. The van der Waals surface area contributed by atoms with Crippen molar-refractivity contribution in [3.8, 4) is 0 Å². The van der Waals surface area contributed by atoms with Gasteiger partial charge in [-0.05, 0) is 47.5 Å². The summed E-state index contributed by atoms with van der Waals surface area (Å²) in [4.78, 5) is 23.4. The molecule has 1 aromatic carbocycles. The smallest absolute Gasteiger partial charge is 0.251 e. The van der Waals surface area contributed by atoms with Gasteiger partial charge in [-0.25, -0.2) is 4.68 Å². The Hall–Kier alpha value is -2.42. The molecular weight excluding hydrogens is 328 g/mol. The summed E-state index contributed by atoms with van der Waals surface area (Å²) >= 11 is 1.47. The van der Waals surface area contributed by atoms with Gasteiger partial charge >= 0.3 is 0 Å². The van der Waals surface area contributed by atoms with E-state index in [2.05, 4.69) is 26.2 Å². The van der Waals surface area contributed by atoms with Crippen LogP contribution in [-0.2, 0) is 10.5 Å². The molecular formula is C15H18N6O2S. The predicted molar refractivity (Wildman–Crippen MR) is 90.7 cm³/mol. The lowest BCUT2D eigenvalue weighted by Crippen LogP contribution is -2.18. The molecule has 1 aromatic heterocycles. The predicted octanol–water partition coefficient (Wildman–Crippen LogP) is 1.24. The van der Waals surface area contributed by atoms with E-state index >= 15 is 0 Å². The van der Waals surface area contributed by atoms with E-state index in [0.717, 1.165) is 18.7 Å². The summed E-state index contributed by atoms with van der Waals surface area (Å²) in [6.45, 7) is 0. The molecule has 1 fully saturated rings. The number of anilines is 1. The second-order valence-corrected chi connectivity index (χ2v) is 6.45. The van der Waals surface area contributed by atoms with Crippen LogP contribution in [0.4, 0.5) is 5.69 Å². The van der Waals surface area contributed by atoms with Crippen LogP contribution < -0.4 is 10.6 Å². The van der Waals surface area contributed by atoms with E-state index in [0.29, 0.717) is 28.8 Å². The van der Waals surface area contributed by atoms with Crippen LogP contribution in [0.2, 0.25) is 0 Å². The van der Waals surface area contributed by atoms with Gasteiger partial charge in [0.1, 0.15) is 0 Å². The minimum atomic E-state index is -0.156. The number of benzene rings is 1. The molecule has 0 saturated heterocycles. The molecule has 0 radical (unpaired) electrons. The Morgan fingerprint density at radius 3 is 2.71 bits per heavy atom. The Morgan fingerprint density at radius 2 is 2.04 bits per heavy atom. The molecule has 3 rings (SSSR count). The molecule has 0 spiro atoms. The molecule has 0 aliphatic heterocycles. The Labute approximate surface area is 143 Å². The molecule has 1 saturated carbocycles. The molecule has 0 unspecified atom stereocenters. The zero-order valence-electron chi connectivity index (χ0n) is 13.2. The lowest BCUT2D eigenvalue weighted by atomic mass is 10.2. The number of amides is 2. The summed E-state index contributed by atoms with van der Waals surface area (Å²) in [5, 5.41) is 17.0. The molecule has 126 valence electrons. The van der Waals surface area contributed by atoms with Gasteiger partial charge in [-0.15, -0.1) is 16.9 Å². The minimum absolute atomic E-state index is 0.0989. The van der Waals surface area contributed by atoms with E-state index in [-0.39, 0.29) is 11.8 Å². The van der Waals surface area contributed by atoms with E-state index < -0.39 is 0 Å². The normalized spacial score (nSPS) is 13.5. The summed E-state index contributed by atoms with van der Waals surface area (Å²) in [6, 6.07) is 7.20. The summed E-state index contributed by atoms with van der Waals surface area (Å²) in [5.41, 5.74) is 1.22. The van der Waals surface area contributed by atoms with Gasteiger partial charge in [-0.1, -0.05) is 0 Å². The average molecular weight is 346 g/mol. The first kappa shape index (κ1) is 16.4. The third-order valence-electron chi connectivity index (χ3n) is 3.58. The SMILES string of the molecule is CNC(=O)c1ccc(NC(=O)CSCc2nnnn2C2CC2)cc1. The highest BCUT2D eigenvalue weighted by atomic mass is 32.2. The molecule has 2 aromatic rings. The van der Waals surface area contributed by atoms with Crippen LogP contribution in [0.1, 0.15) is 35.1 Å². The average Bonchev–Trinajstić information content (AvgIpc) is 3.34. The largest absolute Gasteiger partial charge is 0.355 e. The van der Waals surface area contributed by atoms with Gasteiger partial charge in [0, 0.05) is 18.3 Å². The lowest BCUT2D eigenvalue weighted by Gasteiger charge is -2.06. The number of carbonyl (C=O) groups excluding carboxylic acids is 2. The summed E-state index contributed by atoms with van der Waals surface area (Å²) < 4.78 is 1.85. The van der Waals surface area contributed by atoms with E-state index in [9.17, 15) is 9.59 Å². The highest BCUT2D eigenvalue weighted by molar-refractivity contribution is 7.99. The van der Waals surface area contributed by atoms with Gasteiger partial charge in [0.05, 0.1) is 17.5 Å². The molecule has 1 aliphatic carbocycles. The van der Waals surface area contributed by atoms with Gasteiger partial charge < -0.3 is 10.6 Å². The fourth-order valence-electron chi connectivity index (χ4n) is 2.19. The van der Waals surface area contributed by atoms with E-state index in [1.165, 1.54) is 11.8 Å². The van der Waals surface area contributed by atoms with Crippen molar-refractivity contribution in [2.45, 2.75) is 24.6 Å². The Kier molecular flexibility index (Phi) is 5.09. The number of rotatable bonds is 7. The molecule has 1 heterocycles. The van der Waals surface area contributed by atoms with Crippen molar-refractivity contribution >= 4 is 29.3 Å². The Morgan fingerprint density at radius 1 is 1.29 bits per heavy atom. The number of nitrogens with zero attached hydrogens (tertiary/aromatic N) is 4. The first-order chi connectivity index (χ1) is 11.7. The van der Waals surface area contributed by atoms with Crippen molar-refractivity contribution in [2.24, 2.45) is 0 Å². The maximum Gasteiger partial charge on any atom is 0.251 e. The number of aromatic nitrogens is 4. The van der Waals surface area contributed by atoms with Gasteiger partial charge in [-0.3, -0.25) is 9.59 Å². The van der Waals surface area contributed by atoms with Crippen LogP contribution in [0.5, 0.6) is 0 Å². The van der Waals surface area contributed by atoms with E-state index in [1.54, 1.807) is 31.3 Å². The number of hydrogen-bond donors (Lipinski definition) is 2. The quantitative estimate of drug-likeness (QED) is 0.782. The fourth-order valence-corrected chi connectivity index (χ4v) is 2.92.